The Balaban J connectivity index is 0.00000218. The molecule has 5 nitrogen and oxygen atoms in total. The molecule has 1 aromatic heterocycles. The van der Waals surface area contributed by atoms with Gasteiger partial charge >= 0.3 is 0 Å². The van der Waals surface area contributed by atoms with Crippen LogP contribution < -0.4 is 15.2 Å². The van der Waals surface area contributed by atoms with Crippen LogP contribution in [-0.2, 0) is 16.1 Å². The highest BCUT2D eigenvalue weighted by molar-refractivity contribution is 8.76. The zero-order valence-corrected chi connectivity index (χ0v) is 19.7. The van der Waals surface area contributed by atoms with E-state index in [1.165, 1.54) is 0 Å². The van der Waals surface area contributed by atoms with Gasteiger partial charge < -0.3 is 10.6 Å². The molecule has 2 rings (SSSR count). The van der Waals surface area contributed by atoms with Crippen LogP contribution in [0, 0.1) is 0 Å². The Morgan fingerprint density at radius 3 is 2.13 bits per heavy atom. The third-order valence-electron chi connectivity index (χ3n) is 3.59. The Morgan fingerprint density at radius 2 is 1.53 bits per heavy atom. The number of hydrogen-bond donors (Lipinski definition) is 2. The first-order chi connectivity index (χ1) is 14.7. The van der Waals surface area contributed by atoms with Crippen LogP contribution in [-0.4, -0.2) is 36.9 Å². The van der Waals surface area contributed by atoms with Crippen molar-refractivity contribution in [2.75, 3.05) is 24.6 Å². The van der Waals surface area contributed by atoms with Gasteiger partial charge in [-0.2, -0.15) is 4.57 Å². The fourth-order valence-corrected chi connectivity index (χ4v) is 4.14. The normalized spacial score (nSPS) is 10.2. The first kappa shape index (κ1) is 26.1. The second-order valence-electron chi connectivity index (χ2n) is 5.75. The third kappa shape index (κ3) is 11.9. The molecule has 0 fully saturated rings. The number of benzene rings is 1. The van der Waals surface area contributed by atoms with Gasteiger partial charge in [-0.15, -0.1) is 0 Å². The fraction of sp³-hybridized carbons (Fsp3) is 0.318. The summed E-state index contributed by atoms with van der Waals surface area (Å²) < 4.78 is 1.85. The molecule has 0 aliphatic heterocycles. The molecular weight excluding hydrogens is 438 g/mol. The fourth-order valence-electron chi connectivity index (χ4n) is 2.18. The van der Waals surface area contributed by atoms with Crippen LogP contribution in [0.25, 0.3) is 12.2 Å². The molecule has 0 unspecified atom stereocenters. The number of halogens is 1. The molecule has 1 aromatic carbocycles. The molecule has 162 valence electrons. The largest absolute Gasteiger partial charge is 0.358 e. The van der Waals surface area contributed by atoms with E-state index >= 15 is 0 Å². The highest BCUT2D eigenvalue weighted by atomic mass is 35.5. The number of carbonyl (C=O) groups excluding carboxylic acids is 2. The van der Waals surface area contributed by atoms with E-state index in [0.29, 0.717) is 26.0 Å². The highest BCUT2D eigenvalue weighted by Gasteiger charge is 2.08. The van der Waals surface area contributed by atoms with Crippen molar-refractivity contribution < 1.29 is 14.2 Å². The summed E-state index contributed by atoms with van der Waals surface area (Å²) in [7, 11) is 3.36. The maximum atomic E-state index is 12.0. The lowest BCUT2D eigenvalue weighted by molar-refractivity contribution is -0.684. The van der Waals surface area contributed by atoms with Gasteiger partial charge in [0, 0.05) is 41.8 Å². The van der Waals surface area contributed by atoms with Gasteiger partial charge in [-0.25, -0.2) is 0 Å². The van der Waals surface area contributed by atoms with Crippen molar-refractivity contribution >= 4 is 57.7 Å². The number of nitrogens with zero attached hydrogens (tertiary/aromatic N) is 1. The lowest BCUT2D eigenvalue weighted by atomic mass is 10.1. The van der Waals surface area contributed by atoms with Gasteiger partial charge in [0.15, 0.2) is 12.4 Å². The van der Waals surface area contributed by atoms with E-state index in [1.54, 1.807) is 21.6 Å². The predicted octanol–water partition coefficient (Wildman–Crippen LogP) is 4.07. The molecule has 0 bridgehead atoms. The average molecular weight is 467 g/mol. The predicted molar refractivity (Wildman–Crippen MR) is 130 cm³/mol. The van der Waals surface area contributed by atoms with E-state index in [4.69, 9.17) is 11.6 Å². The van der Waals surface area contributed by atoms with E-state index in [9.17, 15) is 9.59 Å². The van der Waals surface area contributed by atoms with Crippen LogP contribution in [0.4, 0.5) is 0 Å². The minimum atomic E-state index is -0.0114. The minimum Gasteiger partial charge on any atom is -0.358 e. The first-order valence-electron chi connectivity index (χ1n) is 9.78. The average Bonchev–Trinajstić information content (AvgIpc) is 2.77. The summed E-state index contributed by atoms with van der Waals surface area (Å²) in [5.41, 5.74) is 2.14. The molecular formula is C22H29ClN3O2S2+. The number of pyridine rings is 1. The summed E-state index contributed by atoms with van der Waals surface area (Å²) in [6.07, 6.45) is 8.53. The van der Waals surface area contributed by atoms with E-state index < -0.39 is 0 Å². The Bertz CT molecular complexity index is 769. The second kappa shape index (κ2) is 16.8. The third-order valence-corrected chi connectivity index (χ3v) is 6.25. The van der Waals surface area contributed by atoms with Crippen LogP contribution in [0.2, 0.25) is 5.02 Å². The highest BCUT2D eigenvalue weighted by Crippen LogP contribution is 2.19. The quantitative estimate of drug-likeness (QED) is 0.214. The molecule has 2 amide bonds. The van der Waals surface area contributed by atoms with E-state index in [1.807, 2.05) is 79.4 Å². The number of amides is 2. The maximum absolute atomic E-state index is 12.0. The van der Waals surface area contributed by atoms with Gasteiger partial charge in [0.25, 0.3) is 5.91 Å². The molecule has 0 aliphatic rings. The van der Waals surface area contributed by atoms with Gasteiger partial charge in [-0.1, -0.05) is 71.3 Å². The Morgan fingerprint density at radius 1 is 0.967 bits per heavy atom. The molecule has 1 heterocycles. The molecule has 0 atom stereocenters. The molecule has 8 heteroatoms. The number of nitrogens with one attached hydrogen (secondary N) is 2. The topological polar surface area (TPSA) is 62.1 Å². The lowest BCUT2D eigenvalue weighted by Crippen LogP contribution is -2.42. The smallest absolute Gasteiger partial charge is 0.286 e. The zero-order valence-electron chi connectivity index (χ0n) is 17.3. The standard InChI is InChI=1S/C20H22ClN3O2S2.C2H6/c21-19-5-3-17(4-6-19)1-2-18-7-11-24(12-8-18)15-20(26)23-10-14-28-27-13-9-22-16-25;1-2/h1-8,11-12,16H,9-10,13-15H2,(H-,22,23,25,26);1-2H3/p+1/b2-1+;. The molecule has 0 saturated heterocycles. The van der Waals surface area contributed by atoms with Gasteiger partial charge in [0.1, 0.15) is 0 Å². The lowest BCUT2D eigenvalue weighted by Gasteiger charge is -2.03. The van der Waals surface area contributed by atoms with Gasteiger partial charge in [-0.3, -0.25) is 9.59 Å². The van der Waals surface area contributed by atoms with Crippen molar-refractivity contribution in [1.82, 2.24) is 10.6 Å². The van der Waals surface area contributed by atoms with Gasteiger partial charge in [0.05, 0.1) is 0 Å². The van der Waals surface area contributed by atoms with Crippen molar-refractivity contribution in [1.29, 1.82) is 0 Å². The van der Waals surface area contributed by atoms with Crippen LogP contribution in [0.3, 0.4) is 0 Å². The molecule has 0 saturated carbocycles. The first-order valence-corrected chi connectivity index (χ1v) is 12.6. The van der Waals surface area contributed by atoms with Crippen molar-refractivity contribution in [2.45, 2.75) is 20.4 Å². The van der Waals surface area contributed by atoms with Crippen LogP contribution in [0.1, 0.15) is 25.0 Å². The number of aromatic nitrogens is 1. The summed E-state index contributed by atoms with van der Waals surface area (Å²) in [5.74, 6) is 1.67. The van der Waals surface area contributed by atoms with Crippen LogP contribution in [0.5, 0.6) is 0 Å². The van der Waals surface area contributed by atoms with Crippen molar-refractivity contribution in [2.24, 2.45) is 0 Å². The summed E-state index contributed by atoms with van der Waals surface area (Å²) in [6, 6.07) is 11.6. The van der Waals surface area contributed by atoms with Crippen molar-refractivity contribution in [3.8, 4) is 0 Å². The molecule has 30 heavy (non-hydrogen) atoms. The van der Waals surface area contributed by atoms with Gasteiger partial charge in [0.2, 0.25) is 13.0 Å². The van der Waals surface area contributed by atoms with Crippen molar-refractivity contribution in [3.63, 3.8) is 0 Å². The summed E-state index contributed by atoms with van der Waals surface area (Å²) in [6.45, 7) is 5.58. The van der Waals surface area contributed by atoms with E-state index in [2.05, 4.69) is 10.6 Å². The summed E-state index contributed by atoms with van der Waals surface area (Å²) >= 11 is 5.88. The molecule has 0 aliphatic carbocycles. The Hall–Kier alpha value is -1.96. The molecule has 0 radical (unpaired) electrons. The summed E-state index contributed by atoms with van der Waals surface area (Å²) in [5, 5.41) is 6.24. The maximum Gasteiger partial charge on any atom is 0.286 e. The number of rotatable bonds is 12. The van der Waals surface area contributed by atoms with E-state index in [0.717, 1.165) is 27.7 Å². The number of hydrogen-bond acceptors (Lipinski definition) is 4. The zero-order chi connectivity index (χ0) is 22.0. The Kier molecular flexibility index (Phi) is 14.6. The number of carbonyl (C=O) groups is 2. The summed E-state index contributed by atoms with van der Waals surface area (Å²) in [4.78, 5) is 22.1. The monoisotopic (exact) mass is 466 g/mol. The van der Waals surface area contributed by atoms with Gasteiger partial charge in [-0.05, 0) is 23.3 Å². The second-order valence-corrected chi connectivity index (χ2v) is 8.89. The minimum absolute atomic E-state index is 0.0114. The molecule has 2 aromatic rings. The molecule has 2 N–H and O–H groups in total. The molecule has 0 spiro atoms. The van der Waals surface area contributed by atoms with Crippen LogP contribution in [0.15, 0.2) is 48.8 Å². The van der Waals surface area contributed by atoms with E-state index in [-0.39, 0.29) is 5.91 Å². The SMILES string of the molecule is CC.O=CNCCSSCCNC(=O)C[n+]1ccc(/C=C/c2ccc(Cl)cc2)cc1. The Labute approximate surface area is 192 Å². The van der Waals surface area contributed by atoms with Crippen LogP contribution >= 0.6 is 33.2 Å². The van der Waals surface area contributed by atoms with Crippen molar-refractivity contribution in [3.05, 3.63) is 64.9 Å².